The molecule has 23 heavy (non-hydrogen) atoms. The third kappa shape index (κ3) is 3.24. The maximum Gasteiger partial charge on any atom is 0.274 e. The van der Waals surface area contributed by atoms with E-state index in [0.717, 1.165) is 37.8 Å². The van der Waals surface area contributed by atoms with Gasteiger partial charge in [-0.25, -0.2) is 4.98 Å². The molecule has 0 bridgehead atoms. The van der Waals surface area contributed by atoms with Crippen molar-refractivity contribution in [2.24, 2.45) is 5.92 Å². The summed E-state index contributed by atoms with van der Waals surface area (Å²) in [5.41, 5.74) is 0.444. The summed E-state index contributed by atoms with van der Waals surface area (Å²) in [6, 6.07) is 0. The molecule has 1 atom stereocenters. The molecule has 124 valence electrons. The lowest BCUT2D eigenvalue weighted by molar-refractivity contribution is 0.0195. The molecule has 0 unspecified atom stereocenters. The van der Waals surface area contributed by atoms with E-state index in [4.69, 9.17) is 4.74 Å². The molecule has 2 aliphatic heterocycles. The molecule has 1 aromatic rings. The van der Waals surface area contributed by atoms with E-state index < -0.39 is 0 Å². The molecule has 1 saturated carbocycles. The number of ether oxygens (including phenoxy) is 1. The first kappa shape index (κ1) is 15.4. The Labute approximate surface area is 141 Å². The van der Waals surface area contributed by atoms with Crippen LogP contribution in [0.5, 0.6) is 0 Å². The van der Waals surface area contributed by atoms with Crippen LogP contribution in [0.25, 0.3) is 0 Å². The maximum absolute atomic E-state index is 12.3. The largest absolute Gasteiger partial charge is 0.377 e. The van der Waals surface area contributed by atoms with Gasteiger partial charge in [0, 0.05) is 37.8 Å². The SMILES string of the molecule is O=C(c1cnccn1)N1CC2(C[C@@H](OCC3CCCC3)CS2)C1. The van der Waals surface area contributed by atoms with E-state index in [2.05, 4.69) is 9.97 Å². The Morgan fingerprint density at radius 1 is 1.35 bits per heavy atom. The first-order chi connectivity index (χ1) is 11.2. The Balaban J connectivity index is 1.25. The second-order valence-corrected chi connectivity index (χ2v) is 8.54. The van der Waals surface area contributed by atoms with Crippen LogP contribution in [0, 0.1) is 5.92 Å². The van der Waals surface area contributed by atoms with Crippen LogP contribution in [0.3, 0.4) is 0 Å². The number of thioether (sulfide) groups is 1. The zero-order valence-electron chi connectivity index (χ0n) is 13.3. The first-order valence-electron chi connectivity index (χ1n) is 8.55. The second kappa shape index (κ2) is 6.40. The van der Waals surface area contributed by atoms with E-state index in [9.17, 15) is 4.79 Å². The molecule has 3 heterocycles. The van der Waals surface area contributed by atoms with Crippen LogP contribution in [0.2, 0.25) is 0 Å². The molecule has 0 aromatic carbocycles. The number of hydrogen-bond acceptors (Lipinski definition) is 5. The normalized spacial score (nSPS) is 26.6. The number of hydrogen-bond donors (Lipinski definition) is 0. The van der Waals surface area contributed by atoms with Crippen molar-refractivity contribution in [3.8, 4) is 0 Å². The molecule has 1 aromatic heterocycles. The fraction of sp³-hybridized carbons (Fsp3) is 0.706. The van der Waals surface area contributed by atoms with Gasteiger partial charge < -0.3 is 9.64 Å². The second-order valence-electron chi connectivity index (χ2n) is 7.06. The zero-order valence-corrected chi connectivity index (χ0v) is 14.1. The highest BCUT2D eigenvalue weighted by Gasteiger charge is 2.51. The van der Waals surface area contributed by atoms with Crippen molar-refractivity contribution < 1.29 is 9.53 Å². The van der Waals surface area contributed by atoms with E-state index in [1.165, 1.54) is 25.7 Å². The number of amides is 1. The van der Waals surface area contributed by atoms with Crippen molar-refractivity contribution in [3.05, 3.63) is 24.3 Å². The Morgan fingerprint density at radius 3 is 2.91 bits per heavy atom. The number of carbonyl (C=O) groups is 1. The molecule has 4 rings (SSSR count). The van der Waals surface area contributed by atoms with Gasteiger partial charge in [-0.2, -0.15) is 0 Å². The van der Waals surface area contributed by atoms with Gasteiger partial charge in [0.25, 0.3) is 5.91 Å². The molecular weight excluding hydrogens is 310 g/mol. The molecule has 2 saturated heterocycles. The molecule has 1 spiro atoms. The Bertz CT molecular complexity index is 556. The van der Waals surface area contributed by atoms with E-state index in [1.54, 1.807) is 18.6 Å². The van der Waals surface area contributed by atoms with Crippen molar-refractivity contribution in [1.82, 2.24) is 14.9 Å². The van der Waals surface area contributed by atoms with Crippen LogP contribution in [-0.2, 0) is 4.74 Å². The lowest BCUT2D eigenvalue weighted by atomic mass is 9.92. The first-order valence-corrected chi connectivity index (χ1v) is 9.54. The molecule has 0 N–H and O–H groups in total. The van der Waals surface area contributed by atoms with Crippen LogP contribution >= 0.6 is 11.8 Å². The topological polar surface area (TPSA) is 55.3 Å². The lowest BCUT2D eigenvalue weighted by Gasteiger charge is -2.47. The molecule has 0 radical (unpaired) electrons. The predicted molar refractivity (Wildman–Crippen MR) is 89.4 cm³/mol. The Kier molecular flexibility index (Phi) is 4.28. The Hall–Kier alpha value is -1.14. The zero-order chi connectivity index (χ0) is 15.7. The summed E-state index contributed by atoms with van der Waals surface area (Å²) in [5, 5.41) is 0. The van der Waals surface area contributed by atoms with E-state index in [-0.39, 0.29) is 10.7 Å². The third-order valence-corrected chi connectivity index (χ3v) is 6.82. The molecule has 6 heteroatoms. The van der Waals surface area contributed by atoms with E-state index in [1.807, 2.05) is 16.7 Å². The van der Waals surface area contributed by atoms with Crippen molar-refractivity contribution >= 4 is 17.7 Å². The fourth-order valence-corrected chi connectivity index (χ4v) is 5.50. The molecule has 1 amide bonds. The van der Waals surface area contributed by atoms with Gasteiger partial charge in [-0.3, -0.25) is 9.78 Å². The highest BCUT2D eigenvalue weighted by molar-refractivity contribution is 8.01. The number of nitrogens with zero attached hydrogens (tertiary/aromatic N) is 3. The Morgan fingerprint density at radius 2 is 2.17 bits per heavy atom. The minimum atomic E-state index is -0.000325. The van der Waals surface area contributed by atoms with Crippen LogP contribution in [0.4, 0.5) is 0 Å². The molecule has 3 aliphatic rings. The van der Waals surface area contributed by atoms with Crippen LogP contribution in [0.15, 0.2) is 18.6 Å². The van der Waals surface area contributed by atoms with Gasteiger partial charge in [0.15, 0.2) is 0 Å². The standard InChI is InChI=1S/C17H23N3O2S/c21-16(15-8-18-5-6-19-15)20-11-17(12-20)7-14(10-23-17)22-9-13-3-1-2-4-13/h5-6,8,13-14H,1-4,7,9-12H2/t14-/m1/s1. The minimum absolute atomic E-state index is 0.000325. The maximum atomic E-state index is 12.3. The lowest BCUT2D eigenvalue weighted by Crippen LogP contribution is -2.60. The van der Waals surface area contributed by atoms with Gasteiger partial charge in [0.1, 0.15) is 5.69 Å². The molecule has 5 nitrogen and oxygen atoms in total. The van der Waals surface area contributed by atoms with Crippen molar-refractivity contribution in [3.63, 3.8) is 0 Å². The van der Waals surface area contributed by atoms with Gasteiger partial charge in [-0.05, 0) is 25.2 Å². The summed E-state index contributed by atoms with van der Waals surface area (Å²) in [7, 11) is 0. The van der Waals surface area contributed by atoms with Crippen molar-refractivity contribution in [1.29, 1.82) is 0 Å². The highest BCUT2D eigenvalue weighted by atomic mass is 32.2. The minimum Gasteiger partial charge on any atom is -0.377 e. The van der Waals surface area contributed by atoms with E-state index >= 15 is 0 Å². The predicted octanol–water partition coefficient (Wildman–Crippen LogP) is 2.38. The number of likely N-dealkylation sites (tertiary alicyclic amines) is 1. The monoisotopic (exact) mass is 333 g/mol. The van der Waals surface area contributed by atoms with Crippen LogP contribution in [-0.4, -0.2) is 57.1 Å². The number of rotatable bonds is 4. The summed E-state index contributed by atoms with van der Waals surface area (Å²) in [6.45, 7) is 2.57. The third-order valence-electron chi connectivity index (χ3n) is 5.25. The van der Waals surface area contributed by atoms with Gasteiger partial charge in [-0.15, -0.1) is 11.8 Å². The highest BCUT2D eigenvalue weighted by Crippen LogP contribution is 2.46. The van der Waals surface area contributed by atoms with Gasteiger partial charge in [0.2, 0.25) is 0 Å². The summed E-state index contributed by atoms with van der Waals surface area (Å²) in [6.07, 6.45) is 11.6. The summed E-state index contributed by atoms with van der Waals surface area (Å²) >= 11 is 1.98. The smallest absolute Gasteiger partial charge is 0.274 e. The molecule has 1 aliphatic carbocycles. The quantitative estimate of drug-likeness (QED) is 0.847. The van der Waals surface area contributed by atoms with Crippen molar-refractivity contribution in [2.75, 3.05) is 25.4 Å². The van der Waals surface area contributed by atoms with Crippen molar-refractivity contribution in [2.45, 2.75) is 43.0 Å². The average Bonchev–Trinajstić information content (AvgIpc) is 3.21. The average molecular weight is 333 g/mol. The molecular formula is C17H23N3O2S. The van der Waals surface area contributed by atoms with Crippen LogP contribution < -0.4 is 0 Å². The van der Waals surface area contributed by atoms with Gasteiger partial charge >= 0.3 is 0 Å². The molecule has 3 fully saturated rings. The van der Waals surface area contributed by atoms with Crippen LogP contribution in [0.1, 0.15) is 42.6 Å². The summed E-state index contributed by atoms with van der Waals surface area (Å²) < 4.78 is 6.37. The van der Waals surface area contributed by atoms with Gasteiger partial charge in [-0.1, -0.05) is 12.8 Å². The summed E-state index contributed by atoms with van der Waals surface area (Å²) in [5.74, 6) is 1.85. The number of aromatic nitrogens is 2. The summed E-state index contributed by atoms with van der Waals surface area (Å²) in [4.78, 5) is 22.3. The van der Waals surface area contributed by atoms with E-state index in [0.29, 0.717) is 11.8 Å². The van der Waals surface area contributed by atoms with Gasteiger partial charge in [0.05, 0.1) is 17.0 Å². The fourth-order valence-electron chi connectivity index (χ4n) is 3.94. The number of carbonyl (C=O) groups excluding carboxylic acids is 1.